The summed E-state index contributed by atoms with van der Waals surface area (Å²) < 4.78 is 39.7. The average Bonchev–Trinajstić information content (AvgIpc) is 2.37. The van der Waals surface area contributed by atoms with Crippen LogP contribution in [0.4, 0.5) is 4.39 Å². The van der Waals surface area contributed by atoms with Gasteiger partial charge in [0, 0.05) is 19.6 Å². The van der Waals surface area contributed by atoms with E-state index < -0.39 is 15.8 Å². The molecule has 0 heterocycles. The highest BCUT2D eigenvalue weighted by molar-refractivity contribution is 7.89. The van der Waals surface area contributed by atoms with Gasteiger partial charge in [-0.15, -0.1) is 0 Å². The average molecular weight is 302 g/mol. The molecule has 0 radical (unpaired) electrons. The molecule has 1 aromatic carbocycles. The van der Waals surface area contributed by atoms with Crippen molar-refractivity contribution in [2.45, 2.75) is 44.7 Å². The van der Waals surface area contributed by atoms with Crippen molar-refractivity contribution in [2.24, 2.45) is 0 Å². The fourth-order valence-corrected chi connectivity index (χ4v) is 3.12. The first-order valence-electron chi connectivity index (χ1n) is 6.77. The normalized spacial score (nSPS) is 12.3. The molecule has 1 N–H and O–H groups in total. The monoisotopic (exact) mass is 302 g/mol. The van der Waals surface area contributed by atoms with Crippen LogP contribution in [-0.2, 0) is 16.6 Å². The molecular weight excluding hydrogens is 279 g/mol. The molecule has 1 aromatic rings. The minimum Gasteiger partial charge on any atom is -0.313 e. The second kappa shape index (κ2) is 7.15. The Morgan fingerprint density at radius 3 is 2.50 bits per heavy atom. The second-order valence-corrected chi connectivity index (χ2v) is 7.02. The SMILES string of the molecule is CCCNCc1ccc(S(=O)(=O)N(C)C(C)C)c(F)c1. The zero-order chi connectivity index (χ0) is 15.3. The smallest absolute Gasteiger partial charge is 0.245 e. The molecule has 0 spiro atoms. The summed E-state index contributed by atoms with van der Waals surface area (Å²) in [5.74, 6) is -0.701. The highest BCUT2D eigenvalue weighted by Gasteiger charge is 2.26. The fourth-order valence-electron chi connectivity index (χ4n) is 1.71. The zero-order valence-electron chi connectivity index (χ0n) is 12.5. The molecule has 0 saturated carbocycles. The lowest BCUT2D eigenvalue weighted by Gasteiger charge is -2.21. The number of nitrogens with one attached hydrogen (secondary N) is 1. The van der Waals surface area contributed by atoms with Gasteiger partial charge < -0.3 is 5.32 Å². The Bertz CT molecular complexity index is 544. The van der Waals surface area contributed by atoms with Gasteiger partial charge in [0.15, 0.2) is 0 Å². The molecule has 1 rings (SSSR count). The molecule has 0 saturated heterocycles. The Kier molecular flexibility index (Phi) is 6.10. The van der Waals surface area contributed by atoms with Gasteiger partial charge in [-0.3, -0.25) is 0 Å². The molecule has 4 nitrogen and oxygen atoms in total. The Hall–Kier alpha value is -0.980. The summed E-state index contributed by atoms with van der Waals surface area (Å²) in [5.41, 5.74) is 0.738. The van der Waals surface area contributed by atoms with E-state index in [1.54, 1.807) is 19.9 Å². The lowest BCUT2D eigenvalue weighted by Crippen LogP contribution is -2.33. The zero-order valence-corrected chi connectivity index (χ0v) is 13.3. The van der Waals surface area contributed by atoms with Crippen LogP contribution in [0, 0.1) is 5.82 Å². The first kappa shape index (κ1) is 17.1. The van der Waals surface area contributed by atoms with Crippen LogP contribution < -0.4 is 5.32 Å². The number of halogens is 1. The molecule has 0 aliphatic rings. The van der Waals surface area contributed by atoms with Gasteiger partial charge in [-0.25, -0.2) is 12.8 Å². The van der Waals surface area contributed by atoms with Crippen LogP contribution >= 0.6 is 0 Å². The predicted octanol–water partition coefficient (Wildman–Crippen LogP) is 2.35. The number of hydrogen-bond donors (Lipinski definition) is 1. The summed E-state index contributed by atoms with van der Waals surface area (Å²) in [4.78, 5) is -0.270. The van der Waals surface area contributed by atoms with Crippen LogP contribution in [0.3, 0.4) is 0 Å². The van der Waals surface area contributed by atoms with Crippen molar-refractivity contribution >= 4 is 10.0 Å². The Morgan fingerprint density at radius 2 is 2.00 bits per heavy atom. The lowest BCUT2D eigenvalue weighted by atomic mass is 10.2. The first-order chi connectivity index (χ1) is 9.30. The van der Waals surface area contributed by atoms with Crippen LogP contribution in [0.2, 0.25) is 0 Å². The fraction of sp³-hybridized carbons (Fsp3) is 0.571. The summed E-state index contributed by atoms with van der Waals surface area (Å²) in [6, 6.07) is 4.05. The summed E-state index contributed by atoms with van der Waals surface area (Å²) in [6.45, 7) is 6.92. The second-order valence-electron chi connectivity index (χ2n) is 5.06. The minimum atomic E-state index is -3.77. The van der Waals surface area contributed by atoms with E-state index in [9.17, 15) is 12.8 Å². The van der Waals surface area contributed by atoms with Crippen molar-refractivity contribution in [3.8, 4) is 0 Å². The topological polar surface area (TPSA) is 49.4 Å². The third-order valence-corrected chi connectivity index (χ3v) is 5.20. The van der Waals surface area contributed by atoms with Crippen LogP contribution in [0.25, 0.3) is 0 Å². The van der Waals surface area contributed by atoms with E-state index in [2.05, 4.69) is 5.32 Å². The standard InChI is InChI=1S/C14H23FN2O2S/c1-5-8-16-10-12-6-7-14(13(15)9-12)20(18,19)17(4)11(2)3/h6-7,9,11,16H,5,8,10H2,1-4H3. The maximum atomic E-state index is 14.0. The maximum Gasteiger partial charge on any atom is 0.245 e. The first-order valence-corrected chi connectivity index (χ1v) is 8.21. The largest absolute Gasteiger partial charge is 0.313 e. The van der Waals surface area contributed by atoms with E-state index >= 15 is 0 Å². The molecular formula is C14H23FN2O2S. The van der Waals surface area contributed by atoms with E-state index in [0.717, 1.165) is 18.5 Å². The number of benzene rings is 1. The van der Waals surface area contributed by atoms with Crippen LogP contribution in [0.15, 0.2) is 23.1 Å². The highest BCUT2D eigenvalue weighted by Crippen LogP contribution is 2.21. The molecule has 0 aliphatic heterocycles. The Balaban J connectivity index is 2.98. The molecule has 114 valence electrons. The van der Waals surface area contributed by atoms with Crippen LogP contribution in [0.5, 0.6) is 0 Å². The number of hydrogen-bond acceptors (Lipinski definition) is 3. The maximum absolute atomic E-state index is 14.0. The number of sulfonamides is 1. The van der Waals surface area contributed by atoms with Crippen LogP contribution in [0.1, 0.15) is 32.8 Å². The van der Waals surface area contributed by atoms with Gasteiger partial charge in [0.05, 0.1) is 0 Å². The number of nitrogens with zero attached hydrogens (tertiary/aromatic N) is 1. The van der Waals surface area contributed by atoms with Crippen molar-refractivity contribution in [2.75, 3.05) is 13.6 Å². The molecule has 0 aliphatic carbocycles. The van der Waals surface area contributed by atoms with Gasteiger partial charge in [0.2, 0.25) is 10.0 Å². The summed E-state index contributed by atoms with van der Waals surface area (Å²) in [6.07, 6.45) is 0.994. The van der Waals surface area contributed by atoms with Gasteiger partial charge in [-0.05, 0) is 44.5 Å². The van der Waals surface area contributed by atoms with E-state index in [1.807, 2.05) is 6.92 Å². The third kappa shape index (κ3) is 4.01. The molecule has 6 heteroatoms. The van der Waals surface area contributed by atoms with E-state index in [-0.39, 0.29) is 10.9 Å². The molecule has 0 amide bonds. The van der Waals surface area contributed by atoms with Crippen molar-refractivity contribution < 1.29 is 12.8 Å². The van der Waals surface area contributed by atoms with Gasteiger partial charge in [0.25, 0.3) is 0 Å². The molecule has 0 atom stereocenters. The van der Waals surface area contributed by atoms with Crippen molar-refractivity contribution in [3.05, 3.63) is 29.6 Å². The van der Waals surface area contributed by atoms with Gasteiger partial charge in [-0.1, -0.05) is 13.0 Å². The molecule has 0 bridgehead atoms. The summed E-state index contributed by atoms with van der Waals surface area (Å²) in [5, 5.41) is 3.15. The van der Waals surface area contributed by atoms with Crippen LogP contribution in [-0.4, -0.2) is 32.4 Å². The summed E-state index contributed by atoms with van der Waals surface area (Å²) in [7, 11) is -2.32. The Morgan fingerprint density at radius 1 is 1.35 bits per heavy atom. The Labute approximate surface area is 121 Å². The summed E-state index contributed by atoms with van der Waals surface area (Å²) >= 11 is 0. The van der Waals surface area contributed by atoms with Crippen molar-refractivity contribution in [1.29, 1.82) is 0 Å². The van der Waals surface area contributed by atoms with E-state index in [4.69, 9.17) is 0 Å². The van der Waals surface area contributed by atoms with Gasteiger partial charge in [0.1, 0.15) is 10.7 Å². The molecule has 0 aromatic heterocycles. The number of rotatable bonds is 7. The third-order valence-electron chi connectivity index (χ3n) is 3.14. The van der Waals surface area contributed by atoms with E-state index in [1.165, 1.54) is 23.5 Å². The lowest BCUT2D eigenvalue weighted by molar-refractivity contribution is 0.407. The van der Waals surface area contributed by atoms with Gasteiger partial charge >= 0.3 is 0 Å². The highest BCUT2D eigenvalue weighted by atomic mass is 32.2. The minimum absolute atomic E-state index is 0.217. The van der Waals surface area contributed by atoms with Gasteiger partial charge in [-0.2, -0.15) is 4.31 Å². The van der Waals surface area contributed by atoms with Crippen molar-refractivity contribution in [1.82, 2.24) is 9.62 Å². The predicted molar refractivity (Wildman–Crippen MR) is 78.5 cm³/mol. The van der Waals surface area contributed by atoms with E-state index in [0.29, 0.717) is 6.54 Å². The quantitative estimate of drug-likeness (QED) is 0.787. The molecule has 0 fully saturated rings. The molecule has 20 heavy (non-hydrogen) atoms. The molecule has 0 unspecified atom stereocenters. The van der Waals surface area contributed by atoms with Crippen molar-refractivity contribution in [3.63, 3.8) is 0 Å².